The van der Waals surface area contributed by atoms with Gasteiger partial charge < -0.3 is 10.2 Å². The molecule has 0 rings (SSSR count). The first kappa shape index (κ1) is 10.4. The van der Waals surface area contributed by atoms with Crippen LogP contribution in [-0.4, -0.2) is 22.3 Å². The molecule has 0 heterocycles. The van der Waals surface area contributed by atoms with Crippen molar-refractivity contribution >= 4 is 5.97 Å². The van der Waals surface area contributed by atoms with E-state index < -0.39 is 12.1 Å². The number of aliphatic hydroxyl groups excluding tert-OH is 1. The van der Waals surface area contributed by atoms with Crippen LogP contribution in [0.25, 0.3) is 0 Å². The van der Waals surface area contributed by atoms with Gasteiger partial charge in [-0.25, -0.2) is 0 Å². The van der Waals surface area contributed by atoms with E-state index in [-0.39, 0.29) is 12.3 Å². The first-order valence-corrected chi connectivity index (χ1v) is 3.97. The number of carboxylic acids is 1. The van der Waals surface area contributed by atoms with E-state index in [9.17, 15) is 9.90 Å². The van der Waals surface area contributed by atoms with Crippen molar-refractivity contribution in [3.63, 3.8) is 0 Å². The summed E-state index contributed by atoms with van der Waals surface area (Å²) < 4.78 is 0. The average Bonchev–Trinajstić information content (AvgIpc) is 1.86. The summed E-state index contributed by atoms with van der Waals surface area (Å²) in [4.78, 5) is 10.2. The summed E-state index contributed by atoms with van der Waals surface area (Å²) in [5.74, 6) is -0.837. The molecule has 0 saturated carbocycles. The quantitative estimate of drug-likeness (QED) is 0.636. The van der Waals surface area contributed by atoms with Crippen LogP contribution in [0.3, 0.4) is 0 Å². The minimum Gasteiger partial charge on any atom is -0.481 e. The Kier molecular flexibility index (Phi) is 4.86. The van der Waals surface area contributed by atoms with Gasteiger partial charge in [-0.2, -0.15) is 0 Å². The minimum absolute atomic E-state index is 0.0936. The molecule has 0 aromatic heterocycles. The summed E-state index contributed by atoms with van der Waals surface area (Å²) in [6, 6.07) is 0. The van der Waals surface area contributed by atoms with Crippen LogP contribution in [0.15, 0.2) is 0 Å². The SMILES string of the molecule is CCC[C@@H](C)[C@H](O)CC(=O)O. The smallest absolute Gasteiger partial charge is 0.305 e. The summed E-state index contributed by atoms with van der Waals surface area (Å²) >= 11 is 0. The number of hydrogen-bond donors (Lipinski definition) is 2. The van der Waals surface area contributed by atoms with Crippen LogP contribution in [0.5, 0.6) is 0 Å². The van der Waals surface area contributed by atoms with E-state index in [2.05, 4.69) is 0 Å². The molecule has 2 N–H and O–H groups in total. The predicted octanol–water partition coefficient (Wildman–Crippen LogP) is 1.26. The van der Waals surface area contributed by atoms with E-state index in [1.165, 1.54) is 0 Å². The van der Waals surface area contributed by atoms with Crippen molar-refractivity contribution in [3.8, 4) is 0 Å². The summed E-state index contributed by atoms with van der Waals surface area (Å²) in [5.41, 5.74) is 0. The summed E-state index contributed by atoms with van der Waals surface area (Å²) in [6.45, 7) is 3.89. The maximum Gasteiger partial charge on any atom is 0.305 e. The molecule has 0 aromatic carbocycles. The summed E-state index contributed by atoms with van der Waals surface area (Å²) in [5, 5.41) is 17.6. The molecule has 0 aromatic rings. The fraction of sp³-hybridized carbons (Fsp3) is 0.875. The lowest BCUT2D eigenvalue weighted by Gasteiger charge is -2.15. The second-order valence-corrected chi connectivity index (χ2v) is 2.93. The fourth-order valence-corrected chi connectivity index (χ4v) is 1.03. The van der Waals surface area contributed by atoms with Gasteiger partial charge in [-0.05, 0) is 12.3 Å². The lowest BCUT2D eigenvalue weighted by atomic mass is 9.97. The Morgan fingerprint density at radius 2 is 2.09 bits per heavy atom. The van der Waals surface area contributed by atoms with Crippen LogP contribution in [0, 0.1) is 5.92 Å². The van der Waals surface area contributed by atoms with E-state index in [1.807, 2.05) is 13.8 Å². The molecule has 0 aliphatic rings. The largest absolute Gasteiger partial charge is 0.481 e. The van der Waals surface area contributed by atoms with Crippen LogP contribution >= 0.6 is 0 Å². The minimum atomic E-state index is -0.930. The third-order valence-corrected chi connectivity index (χ3v) is 1.78. The van der Waals surface area contributed by atoms with Gasteiger partial charge in [-0.15, -0.1) is 0 Å². The van der Waals surface area contributed by atoms with Crippen molar-refractivity contribution in [1.82, 2.24) is 0 Å². The van der Waals surface area contributed by atoms with Crippen LogP contribution in [0.4, 0.5) is 0 Å². The molecule has 0 bridgehead atoms. The van der Waals surface area contributed by atoms with Crippen LogP contribution in [-0.2, 0) is 4.79 Å². The standard InChI is InChI=1S/C8H16O3/c1-3-4-6(2)7(9)5-8(10)11/h6-7,9H,3-5H2,1-2H3,(H,10,11)/t6-,7-/m1/s1. The molecule has 11 heavy (non-hydrogen) atoms. The molecular weight excluding hydrogens is 144 g/mol. The Labute approximate surface area is 67.0 Å². The summed E-state index contributed by atoms with van der Waals surface area (Å²) in [7, 11) is 0. The first-order chi connectivity index (χ1) is 5.07. The van der Waals surface area contributed by atoms with Gasteiger partial charge in [-0.1, -0.05) is 20.3 Å². The van der Waals surface area contributed by atoms with Crippen LogP contribution in [0.1, 0.15) is 33.1 Å². The maximum absolute atomic E-state index is 10.2. The van der Waals surface area contributed by atoms with E-state index in [0.29, 0.717) is 0 Å². The van der Waals surface area contributed by atoms with E-state index >= 15 is 0 Å². The van der Waals surface area contributed by atoms with Crippen molar-refractivity contribution in [3.05, 3.63) is 0 Å². The Morgan fingerprint density at radius 3 is 2.45 bits per heavy atom. The molecule has 3 heteroatoms. The van der Waals surface area contributed by atoms with E-state index in [1.54, 1.807) is 0 Å². The molecule has 0 aliphatic carbocycles. The van der Waals surface area contributed by atoms with Gasteiger partial charge in [0.25, 0.3) is 0 Å². The number of carbonyl (C=O) groups is 1. The monoisotopic (exact) mass is 160 g/mol. The number of rotatable bonds is 5. The molecule has 0 aliphatic heterocycles. The predicted molar refractivity (Wildman–Crippen MR) is 42.3 cm³/mol. The molecule has 2 atom stereocenters. The zero-order valence-electron chi connectivity index (χ0n) is 7.08. The Bertz CT molecular complexity index is 123. The van der Waals surface area contributed by atoms with Gasteiger partial charge in [0.15, 0.2) is 0 Å². The number of hydrogen-bond acceptors (Lipinski definition) is 2. The average molecular weight is 160 g/mol. The highest BCUT2D eigenvalue weighted by Gasteiger charge is 2.15. The molecule has 0 fully saturated rings. The summed E-state index contributed by atoms with van der Waals surface area (Å²) in [6.07, 6.45) is 1.04. The topological polar surface area (TPSA) is 57.5 Å². The van der Waals surface area contributed by atoms with Crippen molar-refractivity contribution in [2.75, 3.05) is 0 Å². The molecule has 0 radical (unpaired) electrons. The highest BCUT2D eigenvalue weighted by Crippen LogP contribution is 2.12. The third-order valence-electron chi connectivity index (χ3n) is 1.78. The molecule has 3 nitrogen and oxygen atoms in total. The van der Waals surface area contributed by atoms with Crippen LogP contribution in [0.2, 0.25) is 0 Å². The molecule has 0 amide bonds. The van der Waals surface area contributed by atoms with Gasteiger partial charge in [0.1, 0.15) is 0 Å². The highest BCUT2D eigenvalue weighted by atomic mass is 16.4. The van der Waals surface area contributed by atoms with Gasteiger partial charge in [0, 0.05) is 0 Å². The van der Waals surface area contributed by atoms with Crippen molar-refractivity contribution in [1.29, 1.82) is 0 Å². The van der Waals surface area contributed by atoms with Gasteiger partial charge in [0.05, 0.1) is 12.5 Å². The molecule has 0 unspecified atom stereocenters. The zero-order valence-corrected chi connectivity index (χ0v) is 7.08. The van der Waals surface area contributed by atoms with Crippen molar-refractivity contribution in [2.45, 2.75) is 39.2 Å². The third kappa shape index (κ3) is 4.79. The van der Waals surface area contributed by atoms with Crippen molar-refractivity contribution in [2.24, 2.45) is 5.92 Å². The van der Waals surface area contributed by atoms with Crippen molar-refractivity contribution < 1.29 is 15.0 Å². The van der Waals surface area contributed by atoms with E-state index in [0.717, 1.165) is 12.8 Å². The Balaban J connectivity index is 3.63. The van der Waals surface area contributed by atoms with Gasteiger partial charge in [0.2, 0.25) is 0 Å². The lowest BCUT2D eigenvalue weighted by Crippen LogP contribution is -2.21. The molecular formula is C8H16O3. The molecule has 0 saturated heterocycles. The normalized spacial score (nSPS) is 15.9. The Morgan fingerprint density at radius 1 is 1.55 bits per heavy atom. The van der Waals surface area contributed by atoms with Gasteiger partial charge >= 0.3 is 5.97 Å². The van der Waals surface area contributed by atoms with E-state index in [4.69, 9.17) is 5.11 Å². The zero-order chi connectivity index (χ0) is 8.85. The fourth-order valence-electron chi connectivity index (χ4n) is 1.03. The first-order valence-electron chi connectivity index (χ1n) is 3.97. The number of aliphatic carboxylic acids is 1. The number of aliphatic hydroxyl groups is 1. The Hall–Kier alpha value is -0.570. The molecule has 0 spiro atoms. The van der Waals surface area contributed by atoms with Crippen LogP contribution < -0.4 is 0 Å². The maximum atomic E-state index is 10.2. The second kappa shape index (κ2) is 5.13. The lowest BCUT2D eigenvalue weighted by molar-refractivity contribution is -0.139. The van der Waals surface area contributed by atoms with Gasteiger partial charge in [-0.3, -0.25) is 4.79 Å². The number of carboxylic acid groups (broad SMARTS) is 1. The second-order valence-electron chi connectivity index (χ2n) is 2.93. The highest BCUT2D eigenvalue weighted by molar-refractivity contribution is 5.67. The molecule has 66 valence electrons.